The second kappa shape index (κ2) is 8.97. The molecule has 1 aliphatic rings. The van der Waals surface area contributed by atoms with Crippen molar-refractivity contribution in [3.8, 4) is 0 Å². The number of nitrogens with zero attached hydrogens (tertiary/aromatic N) is 2. The second-order valence-corrected chi connectivity index (χ2v) is 7.57. The van der Waals surface area contributed by atoms with Crippen LogP contribution in [-0.4, -0.2) is 28.8 Å². The summed E-state index contributed by atoms with van der Waals surface area (Å²) in [5, 5.41) is 14.0. The predicted octanol–water partition coefficient (Wildman–Crippen LogP) is 4.92. The molecule has 148 valence electrons. The Morgan fingerprint density at radius 1 is 1.18 bits per heavy atom. The van der Waals surface area contributed by atoms with E-state index in [2.05, 4.69) is 17.3 Å². The fourth-order valence-electron chi connectivity index (χ4n) is 3.86. The first-order valence-corrected chi connectivity index (χ1v) is 9.80. The highest BCUT2D eigenvalue weighted by molar-refractivity contribution is 6.06. The lowest BCUT2D eigenvalue weighted by molar-refractivity contribution is -0.384. The maximum atomic E-state index is 12.8. The van der Waals surface area contributed by atoms with Gasteiger partial charge in [0.2, 0.25) is 0 Å². The molecular weight excluding hydrogens is 354 g/mol. The number of nitrogens with one attached hydrogen (secondary N) is 1. The van der Waals surface area contributed by atoms with Crippen molar-refractivity contribution in [3.63, 3.8) is 0 Å². The molecule has 0 saturated heterocycles. The normalized spacial score (nSPS) is 14.8. The monoisotopic (exact) mass is 381 g/mol. The topological polar surface area (TPSA) is 75.5 Å². The average Bonchev–Trinajstić information content (AvgIpc) is 2.70. The fraction of sp³-hybridized carbons (Fsp3) is 0.409. The van der Waals surface area contributed by atoms with Gasteiger partial charge in [0.1, 0.15) is 0 Å². The number of carbonyl (C=O) groups is 1. The zero-order chi connectivity index (χ0) is 20.1. The Labute approximate surface area is 165 Å². The minimum Gasteiger partial charge on any atom is -0.322 e. The van der Waals surface area contributed by atoms with Gasteiger partial charge in [0.25, 0.3) is 11.6 Å². The molecule has 0 radical (unpaired) electrons. The number of rotatable bonds is 6. The number of aryl methyl sites for hydroxylation is 1. The first-order chi connectivity index (χ1) is 13.5. The summed E-state index contributed by atoms with van der Waals surface area (Å²) < 4.78 is 0. The summed E-state index contributed by atoms with van der Waals surface area (Å²) in [5.41, 5.74) is 2.75. The molecule has 0 bridgehead atoms. The van der Waals surface area contributed by atoms with Crippen LogP contribution in [-0.2, 0) is 6.54 Å². The Morgan fingerprint density at radius 3 is 2.61 bits per heavy atom. The van der Waals surface area contributed by atoms with Crippen molar-refractivity contribution in [3.05, 3.63) is 69.3 Å². The molecule has 28 heavy (non-hydrogen) atoms. The Morgan fingerprint density at radius 2 is 1.89 bits per heavy atom. The number of para-hydroxylation sites is 1. The summed E-state index contributed by atoms with van der Waals surface area (Å²) >= 11 is 0. The van der Waals surface area contributed by atoms with Crippen molar-refractivity contribution in [2.45, 2.75) is 51.6 Å². The Bertz CT molecular complexity index is 860. The second-order valence-electron chi connectivity index (χ2n) is 7.57. The quantitative estimate of drug-likeness (QED) is 0.569. The first-order valence-electron chi connectivity index (χ1n) is 9.80. The Hall–Kier alpha value is -2.73. The van der Waals surface area contributed by atoms with E-state index >= 15 is 0 Å². The van der Waals surface area contributed by atoms with E-state index in [-0.39, 0.29) is 11.6 Å². The number of anilines is 1. The van der Waals surface area contributed by atoms with Gasteiger partial charge in [-0.2, -0.15) is 0 Å². The van der Waals surface area contributed by atoms with Crippen LogP contribution in [0.2, 0.25) is 0 Å². The molecule has 0 heterocycles. The SMILES string of the molecule is Cc1ccc([N+](=O)[O-])cc1C(=O)Nc1ccccc1CN(C)C1CCCCC1. The number of benzene rings is 2. The molecule has 0 unspecified atom stereocenters. The number of carbonyl (C=O) groups excluding carboxylic acids is 1. The van der Waals surface area contributed by atoms with Gasteiger partial charge >= 0.3 is 0 Å². The number of amides is 1. The van der Waals surface area contributed by atoms with Gasteiger partial charge < -0.3 is 5.32 Å². The van der Waals surface area contributed by atoms with Crippen molar-refractivity contribution in [2.24, 2.45) is 0 Å². The number of hydrogen-bond acceptors (Lipinski definition) is 4. The van der Waals surface area contributed by atoms with Crippen LogP contribution in [0.1, 0.15) is 53.6 Å². The van der Waals surface area contributed by atoms with Crippen LogP contribution in [0.5, 0.6) is 0 Å². The molecule has 0 aliphatic heterocycles. The summed E-state index contributed by atoms with van der Waals surface area (Å²) in [7, 11) is 2.14. The highest BCUT2D eigenvalue weighted by atomic mass is 16.6. The predicted molar refractivity (Wildman–Crippen MR) is 111 cm³/mol. The van der Waals surface area contributed by atoms with E-state index in [1.807, 2.05) is 24.3 Å². The molecular formula is C22H27N3O3. The molecule has 0 aromatic heterocycles. The molecule has 3 rings (SSSR count). The van der Waals surface area contributed by atoms with Gasteiger partial charge in [-0.1, -0.05) is 43.5 Å². The van der Waals surface area contributed by atoms with Crippen LogP contribution >= 0.6 is 0 Å². The van der Waals surface area contributed by atoms with Crippen LogP contribution in [0.25, 0.3) is 0 Å². The van der Waals surface area contributed by atoms with Gasteiger partial charge in [-0.3, -0.25) is 19.8 Å². The maximum absolute atomic E-state index is 12.8. The van der Waals surface area contributed by atoms with E-state index in [9.17, 15) is 14.9 Å². The van der Waals surface area contributed by atoms with Gasteiger partial charge in [-0.05, 0) is 44.0 Å². The molecule has 1 aliphatic carbocycles. The van der Waals surface area contributed by atoms with Gasteiger partial charge in [0, 0.05) is 36.0 Å². The number of nitro groups is 1. The summed E-state index contributed by atoms with van der Waals surface area (Å²) in [5.74, 6) is -0.325. The lowest BCUT2D eigenvalue weighted by atomic mass is 9.94. The minimum absolute atomic E-state index is 0.0823. The summed E-state index contributed by atoms with van der Waals surface area (Å²) in [6.07, 6.45) is 6.31. The van der Waals surface area contributed by atoms with Crippen molar-refractivity contribution in [2.75, 3.05) is 12.4 Å². The average molecular weight is 381 g/mol. The van der Waals surface area contributed by atoms with Crippen molar-refractivity contribution in [1.82, 2.24) is 4.90 Å². The summed E-state index contributed by atoms with van der Waals surface area (Å²) in [6, 6.07) is 12.7. The largest absolute Gasteiger partial charge is 0.322 e. The van der Waals surface area contributed by atoms with Crippen LogP contribution in [0, 0.1) is 17.0 Å². The van der Waals surface area contributed by atoms with E-state index in [1.165, 1.54) is 44.2 Å². The van der Waals surface area contributed by atoms with Crippen molar-refractivity contribution >= 4 is 17.3 Å². The molecule has 0 spiro atoms. The zero-order valence-corrected chi connectivity index (χ0v) is 16.5. The Balaban J connectivity index is 1.77. The van der Waals surface area contributed by atoms with E-state index in [4.69, 9.17) is 0 Å². The molecule has 1 amide bonds. The summed E-state index contributed by atoms with van der Waals surface area (Å²) in [6.45, 7) is 2.54. The lowest BCUT2D eigenvalue weighted by Gasteiger charge is -2.31. The van der Waals surface area contributed by atoms with Crippen LogP contribution < -0.4 is 5.32 Å². The number of nitro benzene ring substituents is 1. The third-order valence-corrected chi connectivity index (χ3v) is 5.56. The van der Waals surface area contributed by atoms with E-state index < -0.39 is 4.92 Å². The highest BCUT2D eigenvalue weighted by Crippen LogP contribution is 2.25. The van der Waals surface area contributed by atoms with Gasteiger partial charge in [0.15, 0.2) is 0 Å². The molecule has 0 atom stereocenters. The van der Waals surface area contributed by atoms with Crippen LogP contribution in [0.4, 0.5) is 11.4 Å². The third kappa shape index (κ3) is 4.75. The molecule has 2 aromatic carbocycles. The smallest absolute Gasteiger partial charge is 0.270 e. The fourth-order valence-corrected chi connectivity index (χ4v) is 3.86. The number of hydrogen-bond donors (Lipinski definition) is 1. The molecule has 1 fully saturated rings. The van der Waals surface area contributed by atoms with Crippen LogP contribution in [0.15, 0.2) is 42.5 Å². The van der Waals surface area contributed by atoms with Crippen molar-refractivity contribution in [1.29, 1.82) is 0 Å². The zero-order valence-electron chi connectivity index (χ0n) is 16.5. The van der Waals surface area contributed by atoms with Crippen molar-refractivity contribution < 1.29 is 9.72 Å². The molecule has 2 aromatic rings. The lowest BCUT2D eigenvalue weighted by Crippen LogP contribution is -2.33. The van der Waals surface area contributed by atoms with Crippen LogP contribution in [0.3, 0.4) is 0 Å². The van der Waals surface area contributed by atoms with Gasteiger partial charge in [-0.15, -0.1) is 0 Å². The van der Waals surface area contributed by atoms with Gasteiger partial charge in [0.05, 0.1) is 4.92 Å². The summed E-state index contributed by atoms with van der Waals surface area (Å²) in [4.78, 5) is 25.7. The van der Waals surface area contributed by atoms with E-state index in [1.54, 1.807) is 13.0 Å². The van der Waals surface area contributed by atoms with E-state index in [0.717, 1.165) is 17.8 Å². The standard InChI is InChI=1S/C22H27N3O3/c1-16-12-13-19(25(27)28)14-20(16)22(26)23-21-11-7-6-8-17(21)15-24(2)18-9-4-3-5-10-18/h6-8,11-14,18H,3-5,9-10,15H2,1-2H3,(H,23,26). The third-order valence-electron chi connectivity index (χ3n) is 5.56. The Kier molecular flexibility index (Phi) is 6.41. The highest BCUT2D eigenvalue weighted by Gasteiger charge is 2.20. The van der Waals surface area contributed by atoms with Gasteiger partial charge in [-0.25, -0.2) is 0 Å². The molecule has 1 saturated carbocycles. The minimum atomic E-state index is -0.483. The number of non-ortho nitro benzene ring substituents is 1. The maximum Gasteiger partial charge on any atom is 0.270 e. The van der Waals surface area contributed by atoms with E-state index in [0.29, 0.717) is 17.2 Å². The molecule has 1 N–H and O–H groups in total. The first kappa shape index (κ1) is 20.0. The molecule has 6 nitrogen and oxygen atoms in total. The molecule has 6 heteroatoms.